The van der Waals surface area contributed by atoms with Gasteiger partial charge in [-0.25, -0.2) is 13.2 Å². The monoisotopic (exact) mass is 544 g/mol. The minimum atomic E-state index is -1.15. The van der Waals surface area contributed by atoms with E-state index in [1.165, 1.54) is 23.1 Å². The lowest BCUT2D eigenvalue weighted by Gasteiger charge is -2.51. The van der Waals surface area contributed by atoms with Crippen molar-refractivity contribution in [1.82, 2.24) is 9.80 Å². The Morgan fingerprint density at radius 1 is 1.19 bits per heavy atom. The normalized spacial score (nSPS) is 20.7. The molecule has 1 unspecified atom stereocenters. The average molecular weight is 544 g/mol. The van der Waals surface area contributed by atoms with Crippen LogP contribution in [0, 0.1) is 21.0 Å². The van der Waals surface area contributed by atoms with Crippen LogP contribution < -0.4 is 0 Å². The number of hydrogen-bond acceptors (Lipinski definition) is 3. The molecule has 0 radical (unpaired) electrons. The number of hydrogen-bond donors (Lipinski definition) is 1. The number of aliphatic hydroxyl groups is 1. The van der Waals surface area contributed by atoms with Gasteiger partial charge in [-0.1, -0.05) is 13.0 Å². The third-order valence-corrected chi connectivity index (χ3v) is 7.09. The molecule has 2 aliphatic heterocycles. The molecule has 2 saturated heterocycles. The molecule has 1 atom stereocenters. The highest BCUT2D eigenvalue weighted by Gasteiger charge is 2.52. The molecule has 2 aromatic carbocycles. The highest BCUT2D eigenvalue weighted by molar-refractivity contribution is 14.1. The molecule has 2 fully saturated rings. The molecule has 0 aromatic heterocycles. The summed E-state index contributed by atoms with van der Waals surface area (Å²) in [5.41, 5.74) is -0.985. The lowest BCUT2D eigenvalue weighted by Crippen LogP contribution is -2.70. The topological polar surface area (TPSA) is 43.8 Å². The number of carbonyl (C=O) groups excluding carboxylic acids is 1. The Morgan fingerprint density at radius 2 is 1.94 bits per heavy atom. The van der Waals surface area contributed by atoms with Gasteiger partial charge < -0.3 is 10.0 Å². The predicted molar refractivity (Wildman–Crippen MR) is 119 cm³/mol. The van der Waals surface area contributed by atoms with Crippen LogP contribution in [0.2, 0.25) is 0 Å². The maximum atomic E-state index is 14.7. The second-order valence-electron chi connectivity index (χ2n) is 8.35. The van der Waals surface area contributed by atoms with E-state index in [1.807, 2.05) is 29.5 Å². The Bertz CT molecular complexity index is 1010. The number of amides is 1. The van der Waals surface area contributed by atoms with Gasteiger partial charge in [-0.3, -0.25) is 9.69 Å². The molecule has 0 aliphatic carbocycles. The average Bonchev–Trinajstić information content (AvgIpc) is 3.20. The minimum Gasteiger partial charge on any atom is -0.385 e. The molecule has 4 rings (SSSR count). The zero-order valence-electron chi connectivity index (χ0n) is 17.2. The van der Waals surface area contributed by atoms with Crippen LogP contribution in [0.4, 0.5) is 13.2 Å². The van der Waals surface area contributed by atoms with Crippen LogP contribution in [0.15, 0.2) is 30.3 Å². The Labute approximate surface area is 193 Å². The van der Waals surface area contributed by atoms with Crippen LogP contribution >= 0.6 is 22.6 Å². The summed E-state index contributed by atoms with van der Waals surface area (Å²) in [4.78, 5) is 16.8. The van der Waals surface area contributed by atoms with E-state index >= 15 is 0 Å². The molecule has 1 N–H and O–H groups in total. The van der Waals surface area contributed by atoms with E-state index in [1.54, 1.807) is 6.07 Å². The number of benzene rings is 2. The zero-order valence-corrected chi connectivity index (χ0v) is 19.3. The molecule has 31 heavy (non-hydrogen) atoms. The summed E-state index contributed by atoms with van der Waals surface area (Å²) < 4.78 is 43.6. The molecule has 8 heteroatoms. The number of likely N-dealkylation sites (tertiary alicyclic amines) is 2. The first-order chi connectivity index (χ1) is 14.7. The fraction of sp³-hybridized carbons (Fsp3) is 0.435. The predicted octanol–water partition coefficient (Wildman–Crippen LogP) is 3.97. The van der Waals surface area contributed by atoms with E-state index in [2.05, 4.69) is 4.90 Å². The summed E-state index contributed by atoms with van der Waals surface area (Å²) in [5.74, 6) is -3.24. The Kier molecular flexibility index (Phi) is 6.33. The van der Waals surface area contributed by atoms with Crippen molar-refractivity contribution < 1.29 is 23.1 Å². The van der Waals surface area contributed by atoms with Gasteiger partial charge in [0.05, 0.1) is 13.1 Å². The largest absolute Gasteiger partial charge is 0.385 e. The van der Waals surface area contributed by atoms with Crippen LogP contribution in [0.5, 0.6) is 0 Å². The summed E-state index contributed by atoms with van der Waals surface area (Å²) in [6.45, 7) is 4.08. The fourth-order valence-electron chi connectivity index (χ4n) is 4.77. The van der Waals surface area contributed by atoms with Gasteiger partial charge in [0, 0.05) is 27.2 Å². The van der Waals surface area contributed by atoms with Crippen molar-refractivity contribution in [3.05, 3.63) is 68.0 Å². The second kappa shape index (κ2) is 8.71. The summed E-state index contributed by atoms with van der Waals surface area (Å²) in [5, 5.41) is 11.0. The van der Waals surface area contributed by atoms with Crippen molar-refractivity contribution in [3.8, 4) is 0 Å². The lowest BCUT2D eigenvalue weighted by molar-refractivity contribution is -0.123. The number of carbonyl (C=O) groups is 1. The van der Waals surface area contributed by atoms with Crippen molar-refractivity contribution in [2.75, 3.05) is 26.2 Å². The van der Waals surface area contributed by atoms with E-state index < -0.39 is 29.0 Å². The SMILES string of the molecule is CCN1CCCC1C1(O)CN(C(=O)c2ccc(F)c(F)c2Cc2ccc(I)cc2F)C1. The molecule has 0 saturated carbocycles. The Hall–Kier alpha value is -1.65. The van der Waals surface area contributed by atoms with Gasteiger partial charge in [-0.2, -0.15) is 0 Å². The second-order valence-corrected chi connectivity index (χ2v) is 9.60. The van der Waals surface area contributed by atoms with Crippen LogP contribution in [0.1, 0.15) is 41.3 Å². The smallest absolute Gasteiger partial charge is 0.254 e. The van der Waals surface area contributed by atoms with Crippen molar-refractivity contribution in [2.24, 2.45) is 0 Å². The number of β-amino-alcohol motifs (C(OH)–C–C–N with tert-alkyl or cyclic N) is 1. The maximum absolute atomic E-state index is 14.7. The summed E-state index contributed by atoms with van der Waals surface area (Å²) in [6.07, 6.45) is 1.64. The molecule has 2 aliphatic rings. The summed E-state index contributed by atoms with van der Waals surface area (Å²) >= 11 is 1.96. The van der Waals surface area contributed by atoms with E-state index in [0.717, 1.165) is 32.0 Å². The third-order valence-electron chi connectivity index (χ3n) is 6.42. The van der Waals surface area contributed by atoms with Crippen molar-refractivity contribution in [3.63, 3.8) is 0 Å². The number of nitrogens with zero attached hydrogens (tertiary/aromatic N) is 2. The molecular weight excluding hydrogens is 520 g/mol. The molecule has 4 nitrogen and oxygen atoms in total. The molecular formula is C23H24F3IN2O2. The maximum Gasteiger partial charge on any atom is 0.254 e. The molecule has 0 spiro atoms. The van der Waals surface area contributed by atoms with Gasteiger partial charge in [0.15, 0.2) is 11.6 Å². The van der Waals surface area contributed by atoms with E-state index in [-0.39, 0.29) is 42.2 Å². The van der Waals surface area contributed by atoms with Crippen LogP contribution in [0.25, 0.3) is 0 Å². The van der Waals surface area contributed by atoms with Gasteiger partial charge in [0.1, 0.15) is 11.4 Å². The molecule has 2 heterocycles. The van der Waals surface area contributed by atoms with E-state index in [9.17, 15) is 23.1 Å². The number of likely N-dealkylation sites (N-methyl/N-ethyl adjacent to an activating group) is 1. The fourth-order valence-corrected chi connectivity index (χ4v) is 5.23. The molecule has 0 bridgehead atoms. The lowest BCUT2D eigenvalue weighted by atomic mass is 9.83. The Balaban J connectivity index is 1.57. The molecule has 2 aromatic rings. The first kappa shape index (κ1) is 22.5. The third kappa shape index (κ3) is 4.21. The van der Waals surface area contributed by atoms with Crippen molar-refractivity contribution in [1.29, 1.82) is 0 Å². The van der Waals surface area contributed by atoms with Crippen molar-refractivity contribution >= 4 is 28.5 Å². The van der Waals surface area contributed by atoms with Crippen molar-refractivity contribution in [2.45, 2.75) is 37.8 Å². The van der Waals surface area contributed by atoms with Gasteiger partial charge in [-0.05, 0) is 78.4 Å². The minimum absolute atomic E-state index is 0.00216. The number of rotatable bonds is 5. The highest BCUT2D eigenvalue weighted by atomic mass is 127. The van der Waals surface area contributed by atoms with E-state index in [0.29, 0.717) is 3.57 Å². The van der Waals surface area contributed by atoms with Gasteiger partial charge in [0.25, 0.3) is 5.91 Å². The summed E-state index contributed by atoms with van der Waals surface area (Å²) in [6, 6.07) is 6.65. The first-order valence-electron chi connectivity index (χ1n) is 10.4. The van der Waals surface area contributed by atoms with Crippen LogP contribution in [-0.4, -0.2) is 58.6 Å². The van der Waals surface area contributed by atoms with Crippen LogP contribution in [-0.2, 0) is 6.42 Å². The highest BCUT2D eigenvalue weighted by Crippen LogP contribution is 2.35. The van der Waals surface area contributed by atoms with Gasteiger partial charge >= 0.3 is 0 Å². The molecule has 166 valence electrons. The molecule has 1 amide bonds. The first-order valence-corrected chi connectivity index (χ1v) is 11.5. The quantitative estimate of drug-likeness (QED) is 0.580. The zero-order chi connectivity index (χ0) is 22.3. The van der Waals surface area contributed by atoms with Gasteiger partial charge in [0.2, 0.25) is 0 Å². The van der Waals surface area contributed by atoms with Gasteiger partial charge in [-0.15, -0.1) is 0 Å². The van der Waals surface area contributed by atoms with E-state index in [4.69, 9.17) is 0 Å². The Morgan fingerprint density at radius 3 is 2.61 bits per heavy atom. The summed E-state index contributed by atoms with van der Waals surface area (Å²) in [7, 11) is 0. The standard InChI is InChI=1S/C23H24F3IN2O2/c1-2-28-9-3-4-20(28)23(31)12-29(13-23)22(30)16-7-8-18(24)21(26)17(16)10-14-5-6-15(27)11-19(14)25/h5-8,11,20,31H,2-4,9-10,12-13H2,1H3. The number of halogens is 4. The van der Waals surface area contributed by atoms with Crippen LogP contribution in [0.3, 0.4) is 0 Å².